The highest BCUT2D eigenvalue weighted by atomic mass is 16.5. The molecule has 0 radical (unpaired) electrons. The molecule has 1 aromatic rings. The van der Waals surface area contributed by atoms with Crippen molar-refractivity contribution in [1.29, 1.82) is 0 Å². The van der Waals surface area contributed by atoms with E-state index in [4.69, 9.17) is 10.5 Å². The summed E-state index contributed by atoms with van der Waals surface area (Å²) in [5.41, 5.74) is 7.60. The smallest absolute Gasteiger partial charge is 0.122 e. The van der Waals surface area contributed by atoms with Gasteiger partial charge >= 0.3 is 0 Å². The summed E-state index contributed by atoms with van der Waals surface area (Å²) in [5.74, 6) is 1.81. The third-order valence-electron chi connectivity index (χ3n) is 4.29. The molecule has 2 N–H and O–H groups in total. The minimum atomic E-state index is 0.263. The fraction of sp³-hybridized carbons (Fsp3) is 0.647. The second-order valence-electron chi connectivity index (χ2n) is 5.87. The van der Waals surface area contributed by atoms with E-state index in [0.717, 1.165) is 24.5 Å². The molecule has 106 valence electrons. The van der Waals surface area contributed by atoms with E-state index in [2.05, 4.69) is 12.1 Å². The molecular formula is C17H27NO. The van der Waals surface area contributed by atoms with Crippen molar-refractivity contribution in [1.82, 2.24) is 0 Å². The minimum Gasteiger partial charge on any atom is -0.496 e. The van der Waals surface area contributed by atoms with E-state index in [-0.39, 0.29) is 6.04 Å². The van der Waals surface area contributed by atoms with Crippen LogP contribution in [0, 0.1) is 5.92 Å². The van der Waals surface area contributed by atoms with Crippen LogP contribution in [0.2, 0.25) is 0 Å². The van der Waals surface area contributed by atoms with Crippen LogP contribution < -0.4 is 10.5 Å². The van der Waals surface area contributed by atoms with Crippen LogP contribution in [0.15, 0.2) is 24.3 Å². The molecule has 1 fully saturated rings. The normalized spacial score (nSPS) is 18.8. The van der Waals surface area contributed by atoms with Crippen LogP contribution in [0.3, 0.4) is 0 Å². The molecule has 0 spiro atoms. The van der Waals surface area contributed by atoms with E-state index in [0.29, 0.717) is 0 Å². The van der Waals surface area contributed by atoms with Crippen LogP contribution in [0.25, 0.3) is 0 Å². The van der Waals surface area contributed by atoms with E-state index in [1.54, 1.807) is 7.11 Å². The van der Waals surface area contributed by atoms with Crippen molar-refractivity contribution in [3.8, 4) is 5.75 Å². The molecule has 2 nitrogen and oxygen atoms in total. The maximum absolute atomic E-state index is 6.36. The Hall–Kier alpha value is -1.02. The summed E-state index contributed by atoms with van der Waals surface area (Å²) in [4.78, 5) is 0. The lowest BCUT2D eigenvalue weighted by Crippen LogP contribution is -2.26. The fourth-order valence-corrected chi connectivity index (χ4v) is 3.27. The zero-order valence-electron chi connectivity index (χ0n) is 12.1. The summed E-state index contributed by atoms with van der Waals surface area (Å²) in [5, 5.41) is 0. The summed E-state index contributed by atoms with van der Waals surface area (Å²) >= 11 is 0. The van der Waals surface area contributed by atoms with Crippen LogP contribution in [0.4, 0.5) is 0 Å². The third-order valence-corrected chi connectivity index (χ3v) is 4.29. The van der Waals surface area contributed by atoms with Gasteiger partial charge in [-0.2, -0.15) is 0 Å². The zero-order valence-corrected chi connectivity index (χ0v) is 12.1. The molecule has 1 atom stereocenters. The van der Waals surface area contributed by atoms with E-state index >= 15 is 0 Å². The van der Waals surface area contributed by atoms with Crippen LogP contribution in [0.5, 0.6) is 5.75 Å². The lowest BCUT2D eigenvalue weighted by Gasteiger charge is -2.20. The Kier molecular flexibility index (Phi) is 5.71. The van der Waals surface area contributed by atoms with E-state index in [1.807, 2.05) is 12.1 Å². The molecule has 1 aliphatic carbocycles. The van der Waals surface area contributed by atoms with Gasteiger partial charge in [-0.15, -0.1) is 0 Å². The summed E-state index contributed by atoms with van der Waals surface area (Å²) in [6.45, 7) is 0. The second kappa shape index (κ2) is 7.54. The van der Waals surface area contributed by atoms with Crippen molar-refractivity contribution in [2.45, 2.75) is 57.4 Å². The molecule has 1 aromatic carbocycles. The second-order valence-corrected chi connectivity index (χ2v) is 5.87. The number of para-hydroxylation sites is 1. The Balaban J connectivity index is 1.87. The van der Waals surface area contributed by atoms with Gasteiger partial charge in [0.2, 0.25) is 0 Å². The van der Waals surface area contributed by atoms with Crippen LogP contribution >= 0.6 is 0 Å². The van der Waals surface area contributed by atoms with Crippen molar-refractivity contribution >= 4 is 0 Å². The van der Waals surface area contributed by atoms with Gasteiger partial charge in [0.25, 0.3) is 0 Å². The summed E-state index contributed by atoms with van der Waals surface area (Å²) < 4.78 is 5.40. The maximum Gasteiger partial charge on any atom is 0.122 e. The van der Waals surface area contributed by atoms with E-state index in [9.17, 15) is 0 Å². The highest BCUT2D eigenvalue weighted by Crippen LogP contribution is 2.27. The summed E-state index contributed by atoms with van der Waals surface area (Å²) in [7, 11) is 1.73. The molecule has 1 unspecified atom stereocenters. The molecule has 1 saturated carbocycles. The number of benzene rings is 1. The predicted molar refractivity (Wildman–Crippen MR) is 80.5 cm³/mol. The quantitative estimate of drug-likeness (QED) is 0.815. The molecule has 0 aromatic heterocycles. The first-order valence-electron chi connectivity index (χ1n) is 7.67. The van der Waals surface area contributed by atoms with Crippen molar-refractivity contribution in [3.05, 3.63) is 29.8 Å². The molecule has 0 bridgehead atoms. The summed E-state index contributed by atoms with van der Waals surface area (Å²) in [6, 6.07) is 8.49. The Morgan fingerprint density at radius 3 is 2.53 bits per heavy atom. The van der Waals surface area contributed by atoms with Gasteiger partial charge in [0.15, 0.2) is 0 Å². The first-order chi connectivity index (χ1) is 9.29. The third kappa shape index (κ3) is 4.54. The molecule has 1 aliphatic rings. The number of nitrogens with two attached hydrogens (primary N) is 1. The van der Waals surface area contributed by atoms with E-state index in [1.165, 1.54) is 44.1 Å². The highest BCUT2D eigenvalue weighted by Gasteiger charge is 2.17. The minimum absolute atomic E-state index is 0.263. The SMILES string of the molecule is COc1ccccc1CC(N)CC1CCCCCC1. The molecule has 0 saturated heterocycles. The van der Waals surface area contributed by atoms with Gasteiger partial charge in [-0.1, -0.05) is 56.7 Å². The summed E-state index contributed by atoms with van der Waals surface area (Å²) in [6.07, 6.45) is 10.5. The van der Waals surface area contributed by atoms with Crippen LogP contribution in [-0.2, 0) is 6.42 Å². The Bertz CT molecular complexity index is 369. The Morgan fingerprint density at radius 2 is 1.84 bits per heavy atom. The van der Waals surface area contributed by atoms with Gasteiger partial charge in [0.1, 0.15) is 5.75 Å². The number of methoxy groups -OCH3 is 1. The van der Waals surface area contributed by atoms with Crippen molar-refractivity contribution in [2.24, 2.45) is 11.7 Å². The van der Waals surface area contributed by atoms with Crippen LogP contribution in [-0.4, -0.2) is 13.2 Å². The maximum atomic E-state index is 6.36. The monoisotopic (exact) mass is 261 g/mol. The zero-order chi connectivity index (χ0) is 13.5. The topological polar surface area (TPSA) is 35.2 Å². The van der Waals surface area contributed by atoms with Gasteiger partial charge in [-0.3, -0.25) is 0 Å². The van der Waals surface area contributed by atoms with Crippen molar-refractivity contribution in [2.75, 3.05) is 7.11 Å². The van der Waals surface area contributed by atoms with Gasteiger partial charge in [-0.25, -0.2) is 0 Å². The Labute approximate surface area is 117 Å². The number of rotatable bonds is 5. The largest absolute Gasteiger partial charge is 0.496 e. The molecule has 2 heteroatoms. The highest BCUT2D eigenvalue weighted by molar-refractivity contribution is 5.33. The number of hydrogen-bond acceptors (Lipinski definition) is 2. The van der Waals surface area contributed by atoms with Gasteiger partial charge in [-0.05, 0) is 30.4 Å². The van der Waals surface area contributed by atoms with Gasteiger partial charge in [0, 0.05) is 6.04 Å². The average molecular weight is 261 g/mol. The molecule has 2 rings (SSSR count). The standard InChI is InChI=1S/C17H27NO/c1-19-17-11-7-6-10-15(17)13-16(18)12-14-8-4-2-3-5-9-14/h6-7,10-11,14,16H,2-5,8-9,12-13,18H2,1H3. The lowest BCUT2D eigenvalue weighted by molar-refractivity contribution is 0.379. The van der Waals surface area contributed by atoms with Gasteiger partial charge in [0.05, 0.1) is 7.11 Å². The van der Waals surface area contributed by atoms with Gasteiger partial charge < -0.3 is 10.5 Å². The first-order valence-corrected chi connectivity index (χ1v) is 7.67. The van der Waals surface area contributed by atoms with Crippen LogP contribution in [0.1, 0.15) is 50.5 Å². The molecule has 0 heterocycles. The number of hydrogen-bond donors (Lipinski definition) is 1. The molecule has 0 aliphatic heterocycles. The predicted octanol–water partition coefficient (Wildman–Crippen LogP) is 3.93. The first kappa shape index (κ1) is 14.4. The number of ether oxygens (including phenoxy) is 1. The molecular weight excluding hydrogens is 234 g/mol. The molecule has 19 heavy (non-hydrogen) atoms. The van der Waals surface area contributed by atoms with E-state index < -0.39 is 0 Å². The van der Waals surface area contributed by atoms with Crippen molar-refractivity contribution < 1.29 is 4.74 Å². The average Bonchev–Trinajstić information content (AvgIpc) is 2.68. The molecule has 0 amide bonds. The lowest BCUT2D eigenvalue weighted by atomic mass is 9.90. The Morgan fingerprint density at radius 1 is 1.16 bits per heavy atom. The van der Waals surface area contributed by atoms with Crippen molar-refractivity contribution in [3.63, 3.8) is 0 Å². The fourth-order valence-electron chi connectivity index (χ4n) is 3.27.